The van der Waals surface area contributed by atoms with E-state index in [0.29, 0.717) is 18.2 Å². The minimum absolute atomic E-state index is 0.0730. The number of hydrogen-bond donors (Lipinski definition) is 2. The highest BCUT2D eigenvalue weighted by molar-refractivity contribution is 5.98. The summed E-state index contributed by atoms with van der Waals surface area (Å²) in [6, 6.07) is 5.43. The van der Waals surface area contributed by atoms with Gasteiger partial charge in [-0.15, -0.1) is 0 Å². The van der Waals surface area contributed by atoms with Crippen molar-refractivity contribution in [3.8, 4) is 0 Å². The van der Waals surface area contributed by atoms with Gasteiger partial charge in [-0.05, 0) is 31.0 Å². The predicted molar refractivity (Wildman–Crippen MR) is 75.7 cm³/mol. The van der Waals surface area contributed by atoms with E-state index in [2.05, 4.69) is 15.6 Å². The third-order valence-electron chi connectivity index (χ3n) is 3.95. The van der Waals surface area contributed by atoms with Gasteiger partial charge in [0, 0.05) is 24.6 Å². The molecule has 0 spiro atoms. The van der Waals surface area contributed by atoms with E-state index in [1.807, 2.05) is 12.1 Å². The molecule has 1 aliphatic heterocycles. The number of amides is 2. The van der Waals surface area contributed by atoms with Crippen LogP contribution >= 0.6 is 0 Å². The normalized spacial score (nSPS) is 21.5. The number of hydrogen-bond acceptors (Lipinski definition) is 4. The van der Waals surface area contributed by atoms with E-state index in [4.69, 9.17) is 4.42 Å². The Balaban J connectivity index is 1.53. The fraction of sp³-hybridized carbons (Fsp3) is 0.400. The van der Waals surface area contributed by atoms with E-state index in [1.54, 1.807) is 6.07 Å². The van der Waals surface area contributed by atoms with Crippen LogP contribution in [-0.2, 0) is 9.59 Å². The Hall–Kier alpha value is -2.37. The monoisotopic (exact) mass is 285 g/mol. The van der Waals surface area contributed by atoms with Gasteiger partial charge >= 0.3 is 0 Å². The lowest BCUT2D eigenvalue weighted by Crippen LogP contribution is -2.24. The van der Waals surface area contributed by atoms with Gasteiger partial charge in [0.15, 0.2) is 11.5 Å². The quantitative estimate of drug-likeness (QED) is 0.900. The van der Waals surface area contributed by atoms with Crippen LogP contribution in [-0.4, -0.2) is 23.3 Å². The summed E-state index contributed by atoms with van der Waals surface area (Å²) < 4.78 is 5.69. The molecule has 0 bridgehead atoms. The predicted octanol–water partition coefficient (Wildman–Crippen LogP) is 1.78. The van der Waals surface area contributed by atoms with Gasteiger partial charge in [0.25, 0.3) is 0 Å². The number of aromatic nitrogens is 1. The van der Waals surface area contributed by atoms with Crippen LogP contribution in [0.3, 0.4) is 0 Å². The minimum Gasteiger partial charge on any atom is -0.440 e. The summed E-state index contributed by atoms with van der Waals surface area (Å²) in [7, 11) is 0. The second-order valence-electron chi connectivity index (χ2n) is 5.70. The smallest absolute Gasteiger partial charge is 0.229 e. The fourth-order valence-electron chi connectivity index (χ4n) is 2.56. The zero-order valence-corrected chi connectivity index (χ0v) is 11.4. The molecule has 4 rings (SSSR count). The molecule has 2 amide bonds. The lowest BCUT2D eigenvalue weighted by atomic mass is 10.1. The molecule has 21 heavy (non-hydrogen) atoms. The summed E-state index contributed by atoms with van der Waals surface area (Å²) >= 11 is 0. The van der Waals surface area contributed by atoms with Crippen LogP contribution in [0.4, 0.5) is 5.69 Å². The maximum atomic E-state index is 12.1. The lowest BCUT2D eigenvalue weighted by Gasteiger charge is -2.08. The van der Waals surface area contributed by atoms with Gasteiger partial charge in [0.2, 0.25) is 11.8 Å². The lowest BCUT2D eigenvalue weighted by molar-refractivity contribution is -0.123. The highest BCUT2D eigenvalue weighted by atomic mass is 16.3. The highest BCUT2D eigenvalue weighted by Crippen LogP contribution is 2.40. The number of anilines is 1. The standard InChI is InChI=1S/C15H15N3O3/c19-13-5-9(7-16-13)14(20)17-10-3-4-12-11(6-10)18-15(21-12)8-1-2-8/h3-4,6,8-9H,1-2,5,7H2,(H,16,19)(H,17,20). The van der Waals surface area contributed by atoms with Crippen LogP contribution in [0.1, 0.15) is 31.1 Å². The summed E-state index contributed by atoms with van der Waals surface area (Å²) in [5.41, 5.74) is 2.19. The molecule has 108 valence electrons. The van der Waals surface area contributed by atoms with E-state index >= 15 is 0 Å². The first kappa shape index (κ1) is 12.4. The fourth-order valence-corrected chi connectivity index (χ4v) is 2.56. The zero-order valence-electron chi connectivity index (χ0n) is 11.4. The molecule has 1 aliphatic carbocycles. The SMILES string of the molecule is O=C1CC(C(=O)Nc2ccc3oc(C4CC4)nc3c2)CN1. The molecule has 2 N–H and O–H groups in total. The largest absolute Gasteiger partial charge is 0.440 e. The number of carbonyl (C=O) groups is 2. The molecule has 1 atom stereocenters. The molecule has 2 aliphatic rings. The molecule has 1 saturated carbocycles. The van der Waals surface area contributed by atoms with Gasteiger partial charge in [0.05, 0.1) is 5.92 Å². The van der Waals surface area contributed by atoms with Gasteiger partial charge in [-0.2, -0.15) is 0 Å². The Bertz CT molecular complexity index is 733. The summed E-state index contributed by atoms with van der Waals surface area (Å²) in [6.45, 7) is 0.405. The molecule has 1 aromatic heterocycles. The average molecular weight is 285 g/mol. The third kappa shape index (κ3) is 2.37. The van der Waals surface area contributed by atoms with Crippen molar-refractivity contribution in [2.75, 3.05) is 11.9 Å². The van der Waals surface area contributed by atoms with E-state index < -0.39 is 0 Å². The first-order chi connectivity index (χ1) is 10.2. The van der Waals surface area contributed by atoms with Crippen molar-refractivity contribution in [1.29, 1.82) is 0 Å². The number of nitrogens with zero attached hydrogens (tertiary/aromatic N) is 1. The van der Waals surface area contributed by atoms with Gasteiger partial charge in [-0.3, -0.25) is 9.59 Å². The molecule has 6 nitrogen and oxygen atoms in total. The van der Waals surface area contributed by atoms with Crippen LogP contribution < -0.4 is 10.6 Å². The molecule has 6 heteroatoms. The summed E-state index contributed by atoms with van der Waals surface area (Å²) in [5, 5.41) is 5.50. The van der Waals surface area contributed by atoms with E-state index in [-0.39, 0.29) is 24.2 Å². The zero-order chi connectivity index (χ0) is 14.4. The van der Waals surface area contributed by atoms with Crippen LogP contribution in [0.25, 0.3) is 11.1 Å². The Morgan fingerprint density at radius 2 is 2.24 bits per heavy atom. The number of carbonyl (C=O) groups excluding carboxylic acids is 2. The van der Waals surface area contributed by atoms with Crippen molar-refractivity contribution in [3.63, 3.8) is 0 Å². The number of benzene rings is 1. The maximum absolute atomic E-state index is 12.1. The molecule has 1 aromatic carbocycles. The van der Waals surface area contributed by atoms with Crippen molar-refractivity contribution in [1.82, 2.24) is 10.3 Å². The highest BCUT2D eigenvalue weighted by Gasteiger charge is 2.29. The van der Waals surface area contributed by atoms with Crippen molar-refractivity contribution in [2.45, 2.75) is 25.2 Å². The van der Waals surface area contributed by atoms with Crippen LogP contribution in [0, 0.1) is 5.92 Å². The topological polar surface area (TPSA) is 84.2 Å². The summed E-state index contributed by atoms with van der Waals surface area (Å²) in [5.74, 6) is 0.743. The molecular weight excluding hydrogens is 270 g/mol. The molecule has 2 fully saturated rings. The Morgan fingerprint density at radius 1 is 1.38 bits per heavy atom. The molecule has 1 unspecified atom stereocenters. The van der Waals surface area contributed by atoms with E-state index in [0.717, 1.165) is 29.8 Å². The summed E-state index contributed by atoms with van der Waals surface area (Å²) in [6.07, 6.45) is 2.53. The third-order valence-corrected chi connectivity index (χ3v) is 3.95. The van der Waals surface area contributed by atoms with Gasteiger partial charge in [-0.1, -0.05) is 0 Å². The molecular formula is C15H15N3O3. The number of oxazole rings is 1. The number of fused-ring (bicyclic) bond motifs is 1. The first-order valence-electron chi connectivity index (χ1n) is 7.17. The molecule has 2 heterocycles. The van der Waals surface area contributed by atoms with Crippen LogP contribution in [0.15, 0.2) is 22.6 Å². The second kappa shape index (κ2) is 4.58. The Labute approximate surface area is 120 Å². The van der Waals surface area contributed by atoms with Crippen molar-refractivity contribution < 1.29 is 14.0 Å². The van der Waals surface area contributed by atoms with Crippen LogP contribution in [0.2, 0.25) is 0 Å². The van der Waals surface area contributed by atoms with Crippen molar-refractivity contribution in [3.05, 3.63) is 24.1 Å². The van der Waals surface area contributed by atoms with Gasteiger partial charge < -0.3 is 15.1 Å². The molecule has 1 saturated heterocycles. The average Bonchev–Trinajstić information content (AvgIpc) is 3.09. The Kier molecular flexibility index (Phi) is 2.70. The summed E-state index contributed by atoms with van der Waals surface area (Å²) in [4.78, 5) is 27.7. The van der Waals surface area contributed by atoms with Gasteiger partial charge in [0.1, 0.15) is 5.52 Å². The maximum Gasteiger partial charge on any atom is 0.229 e. The first-order valence-corrected chi connectivity index (χ1v) is 7.17. The Morgan fingerprint density at radius 3 is 2.95 bits per heavy atom. The molecule has 2 aromatic rings. The van der Waals surface area contributed by atoms with Crippen LogP contribution in [0.5, 0.6) is 0 Å². The van der Waals surface area contributed by atoms with Gasteiger partial charge in [-0.25, -0.2) is 4.98 Å². The minimum atomic E-state index is -0.299. The van der Waals surface area contributed by atoms with E-state index in [9.17, 15) is 9.59 Å². The van der Waals surface area contributed by atoms with E-state index in [1.165, 1.54) is 0 Å². The number of rotatable bonds is 3. The number of nitrogens with one attached hydrogen (secondary N) is 2. The molecule has 0 radical (unpaired) electrons. The second-order valence-corrected chi connectivity index (χ2v) is 5.70. The van der Waals surface area contributed by atoms with Crippen molar-refractivity contribution in [2.24, 2.45) is 5.92 Å². The van der Waals surface area contributed by atoms with Crippen molar-refractivity contribution >= 4 is 28.6 Å².